The minimum Gasteiger partial charge on any atom is -0.110 e. The van der Waals surface area contributed by atoms with Gasteiger partial charge in [0.2, 0.25) is 0 Å². The smallest absolute Gasteiger partial charge is 0.0287 e. The maximum atomic E-state index is 2.14. The Hall–Kier alpha value is -0.0431. The summed E-state index contributed by atoms with van der Waals surface area (Å²) in [5.74, 6) is 0. The SMILES string of the molecule is C/C=C\[SiH3]. The van der Waals surface area contributed by atoms with E-state index in [-0.39, 0.29) is 0 Å². The molecule has 0 nitrogen and oxygen atoms in total. The molecule has 0 spiro atoms. The van der Waals surface area contributed by atoms with Crippen LogP contribution in [0.1, 0.15) is 6.92 Å². The first-order chi connectivity index (χ1) is 1.91. The third kappa shape index (κ3) is 1.96. The number of hydrogen-bond donors (Lipinski definition) is 0. The molecule has 4 heavy (non-hydrogen) atoms. The van der Waals surface area contributed by atoms with Crippen molar-refractivity contribution in [3.05, 3.63) is 11.8 Å². The predicted octanol–water partition coefficient (Wildman–Crippen LogP) is -0.115. The standard InChI is InChI=1S/C3H8Si/c1-2-3-4/h2-3H,1,4H3/b3-2-. The van der Waals surface area contributed by atoms with E-state index in [1.165, 1.54) is 10.2 Å². The van der Waals surface area contributed by atoms with Crippen LogP contribution in [-0.2, 0) is 0 Å². The van der Waals surface area contributed by atoms with Crippen molar-refractivity contribution in [1.29, 1.82) is 0 Å². The summed E-state index contributed by atoms with van der Waals surface area (Å²) in [6.07, 6.45) is 2.06. The van der Waals surface area contributed by atoms with Gasteiger partial charge in [0.1, 0.15) is 0 Å². The minimum absolute atomic E-state index is 1.21. The number of hydrogen-bond acceptors (Lipinski definition) is 0. The lowest BCUT2D eigenvalue weighted by Crippen LogP contribution is -1.39. The average Bonchev–Trinajstić information content (AvgIpc) is 1.37. The van der Waals surface area contributed by atoms with E-state index >= 15 is 0 Å². The first-order valence-electron chi connectivity index (χ1n) is 1.49. The van der Waals surface area contributed by atoms with Crippen molar-refractivity contribution in [2.45, 2.75) is 6.92 Å². The van der Waals surface area contributed by atoms with Crippen molar-refractivity contribution in [2.75, 3.05) is 0 Å². The molecule has 0 atom stereocenters. The highest BCUT2D eigenvalue weighted by Crippen LogP contribution is 1.50. The molecule has 24 valence electrons. The first kappa shape index (κ1) is 3.96. The van der Waals surface area contributed by atoms with Gasteiger partial charge in [-0.3, -0.25) is 0 Å². The third-order valence-electron chi connectivity index (χ3n) is 0.333. The summed E-state index contributed by atoms with van der Waals surface area (Å²) in [5.41, 5.74) is 2.14. The lowest BCUT2D eigenvalue weighted by molar-refractivity contribution is 1.78. The molecule has 0 aromatic heterocycles. The molecule has 0 aliphatic heterocycles. The third-order valence-corrected chi connectivity index (χ3v) is 1.00. The van der Waals surface area contributed by atoms with E-state index < -0.39 is 0 Å². The Balaban J connectivity index is 2.55. The summed E-state index contributed by atoms with van der Waals surface area (Å²) in [6.45, 7) is 2.03. The lowest BCUT2D eigenvalue weighted by Gasteiger charge is -1.49. The molecule has 1 heteroatoms. The van der Waals surface area contributed by atoms with E-state index in [4.69, 9.17) is 0 Å². The van der Waals surface area contributed by atoms with Gasteiger partial charge in [0.25, 0.3) is 0 Å². The van der Waals surface area contributed by atoms with Gasteiger partial charge in [-0.25, -0.2) is 0 Å². The molecule has 0 aromatic carbocycles. The molecule has 0 bridgehead atoms. The quantitative estimate of drug-likeness (QED) is 0.350. The Morgan fingerprint density at radius 1 is 1.75 bits per heavy atom. The van der Waals surface area contributed by atoms with Crippen LogP contribution < -0.4 is 0 Å². The van der Waals surface area contributed by atoms with Gasteiger partial charge in [-0.2, -0.15) is 0 Å². The Kier molecular flexibility index (Phi) is 2.93. The van der Waals surface area contributed by atoms with Crippen LogP contribution in [0.15, 0.2) is 11.8 Å². The predicted molar refractivity (Wildman–Crippen MR) is 24.8 cm³/mol. The Morgan fingerprint density at radius 3 is 2.00 bits per heavy atom. The highest BCUT2D eigenvalue weighted by atomic mass is 28.1. The maximum Gasteiger partial charge on any atom is 0.0287 e. The van der Waals surface area contributed by atoms with Crippen LogP contribution in [0.4, 0.5) is 0 Å². The van der Waals surface area contributed by atoms with Gasteiger partial charge in [0.15, 0.2) is 0 Å². The van der Waals surface area contributed by atoms with Gasteiger partial charge in [-0.15, -0.1) is 5.70 Å². The molecular formula is C3H8Si. The van der Waals surface area contributed by atoms with Crippen LogP contribution >= 0.6 is 0 Å². The van der Waals surface area contributed by atoms with E-state index in [1.807, 2.05) is 6.92 Å². The molecule has 0 radical (unpaired) electrons. The highest BCUT2D eigenvalue weighted by molar-refractivity contribution is 6.16. The monoisotopic (exact) mass is 72.0 g/mol. The Labute approximate surface area is 30.0 Å². The van der Waals surface area contributed by atoms with E-state index in [1.54, 1.807) is 0 Å². The summed E-state index contributed by atoms with van der Waals surface area (Å²) < 4.78 is 0. The zero-order valence-corrected chi connectivity index (χ0v) is 5.15. The van der Waals surface area contributed by atoms with Gasteiger partial charge in [-0.1, -0.05) is 6.08 Å². The van der Waals surface area contributed by atoms with Crippen molar-refractivity contribution in [3.63, 3.8) is 0 Å². The molecule has 0 fully saturated rings. The van der Waals surface area contributed by atoms with Crippen LogP contribution in [0.3, 0.4) is 0 Å². The minimum atomic E-state index is 1.21. The molecule has 0 aromatic rings. The van der Waals surface area contributed by atoms with Gasteiger partial charge in [-0.05, 0) is 6.92 Å². The van der Waals surface area contributed by atoms with Crippen molar-refractivity contribution < 1.29 is 0 Å². The molecule has 0 unspecified atom stereocenters. The van der Waals surface area contributed by atoms with Gasteiger partial charge >= 0.3 is 0 Å². The van der Waals surface area contributed by atoms with Crippen LogP contribution in [-0.4, -0.2) is 10.2 Å². The van der Waals surface area contributed by atoms with Crippen molar-refractivity contribution >= 4 is 10.2 Å². The fourth-order valence-corrected chi connectivity index (χ4v) is 0. The number of allylic oxidation sites excluding steroid dienone is 1. The van der Waals surface area contributed by atoms with Gasteiger partial charge < -0.3 is 0 Å². The van der Waals surface area contributed by atoms with E-state index in [2.05, 4.69) is 11.8 Å². The summed E-state index contributed by atoms with van der Waals surface area (Å²) in [6, 6.07) is 0. The fourth-order valence-electron chi connectivity index (χ4n) is 0. The molecule has 0 N–H and O–H groups in total. The van der Waals surface area contributed by atoms with Gasteiger partial charge in [0.05, 0.1) is 0 Å². The van der Waals surface area contributed by atoms with Crippen molar-refractivity contribution in [2.24, 2.45) is 0 Å². The summed E-state index contributed by atoms with van der Waals surface area (Å²) in [7, 11) is 1.21. The molecule has 0 saturated carbocycles. The normalized spacial score (nSPS) is 10.2. The molecule has 0 heterocycles. The van der Waals surface area contributed by atoms with Crippen LogP contribution in [0.25, 0.3) is 0 Å². The molecule has 0 aliphatic rings. The largest absolute Gasteiger partial charge is 0.110 e. The first-order valence-corrected chi connectivity index (χ1v) is 2.64. The zero-order valence-electron chi connectivity index (χ0n) is 3.15. The summed E-state index contributed by atoms with van der Waals surface area (Å²) >= 11 is 0. The molecule has 0 rings (SSSR count). The highest BCUT2D eigenvalue weighted by Gasteiger charge is 1.35. The van der Waals surface area contributed by atoms with Crippen molar-refractivity contribution in [1.82, 2.24) is 0 Å². The molecular weight excluding hydrogens is 64.1 g/mol. The van der Waals surface area contributed by atoms with Crippen molar-refractivity contribution in [3.8, 4) is 0 Å². The van der Waals surface area contributed by atoms with Gasteiger partial charge in [0, 0.05) is 10.2 Å². The van der Waals surface area contributed by atoms with Crippen LogP contribution in [0, 0.1) is 0 Å². The fraction of sp³-hybridized carbons (Fsp3) is 0.333. The van der Waals surface area contributed by atoms with E-state index in [9.17, 15) is 0 Å². The average molecular weight is 72.2 g/mol. The summed E-state index contributed by atoms with van der Waals surface area (Å²) in [5, 5.41) is 0. The molecule has 0 amide bonds. The topological polar surface area (TPSA) is 0 Å². The molecule has 0 saturated heterocycles. The Morgan fingerprint density at radius 2 is 2.00 bits per heavy atom. The second-order valence-electron chi connectivity index (χ2n) is 0.667. The zero-order chi connectivity index (χ0) is 3.41. The maximum absolute atomic E-state index is 2.14. The van der Waals surface area contributed by atoms with Crippen LogP contribution in [0.5, 0.6) is 0 Å². The van der Waals surface area contributed by atoms with E-state index in [0.29, 0.717) is 0 Å². The second kappa shape index (κ2) is 2.96. The molecule has 0 aliphatic carbocycles. The summed E-state index contributed by atoms with van der Waals surface area (Å²) in [4.78, 5) is 0. The van der Waals surface area contributed by atoms with E-state index in [0.717, 1.165) is 0 Å². The Bertz CT molecular complexity index is 18.5. The second-order valence-corrected chi connectivity index (χ2v) is 1.33. The van der Waals surface area contributed by atoms with Crippen LogP contribution in [0.2, 0.25) is 0 Å². The number of rotatable bonds is 0. The lowest BCUT2D eigenvalue weighted by atomic mass is 10.8.